The zero-order valence-corrected chi connectivity index (χ0v) is 34.0. The molecule has 3 fully saturated rings. The Kier molecular flexibility index (Phi) is 11.0. The van der Waals surface area contributed by atoms with Crippen molar-refractivity contribution < 1.29 is 32.7 Å². The van der Waals surface area contributed by atoms with Crippen LogP contribution in [0.4, 0.5) is 19.0 Å². The lowest BCUT2D eigenvalue weighted by molar-refractivity contribution is -0.135. The molecule has 1 atom stereocenters. The Morgan fingerprint density at radius 1 is 0.919 bits per heavy atom. The van der Waals surface area contributed by atoms with Crippen LogP contribution in [0.5, 0.6) is 5.75 Å². The number of hydrogen-bond donors (Lipinski definition) is 3. The van der Waals surface area contributed by atoms with Gasteiger partial charge in [-0.15, -0.1) is 0 Å². The Balaban J connectivity index is 0.775. The maximum absolute atomic E-state index is 14.2. The summed E-state index contributed by atoms with van der Waals surface area (Å²) in [5.74, 6) is -7.03. The summed E-state index contributed by atoms with van der Waals surface area (Å²) in [7, 11) is 1.71. The van der Waals surface area contributed by atoms with E-state index in [1.54, 1.807) is 24.0 Å². The van der Waals surface area contributed by atoms with Crippen molar-refractivity contribution in [3.05, 3.63) is 100 Å². The quantitative estimate of drug-likeness (QED) is 0.129. The van der Waals surface area contributed by atoms with Crippen molar-refractivity contribution in [2.45, 2.75) is 57.0 Å². The van der Waals surface area contributed by atoms with Gasteiger partial charge in [0, 0.05) is 69.9 Å². The van der Waals surface area contributed by atoms with Crippen molar-refractivity contribution in [2.75, 3.05) is 44.2 Å². The van der Waals surface area contributed by atoms with Gasteiger partial charge in [0.2, 0.25) is 17.6 Å². The number of phenolic OH excluding ortho intramolecular Hbond substituents is 1. The Labute approximate surface area is 353 Å². The van der Waals surface area contributed by atoms with E-state index in [-0.39, 0.29) is 36.5 Å². The van der Waals surface area contributed by atoms with Crippen LogP contribution in [0, 0.1) is 23.4 Å². The van der Waals surface area contributed by atoms with E-state index >= 15 is 0 Å². The first-order valence-corrected chi connectivity index (χ1v) is 20.9. The molecule has 5 heterocycles. The summed E-state index contributed by atoms with van der Waals surface area (Å²) < 4.78 is 46.7. The number of rotatable bonds is 10. The number of carbonyl (C=O) groups is 3. The normalized spacial score (nSPS) is 19.9. The van der Waals surface area contributed by atoms with E-state index in [2.05, 4.69) is 25.4 Å². The van der Waals surface area contributed by atoms with Gasteiger partial charge >= 0.3 is 5.69 Å². The van der Waals surface area contributed by atoms with Crippen molar-refractivity contribution in [1.29, 1.82) is 0 Å². The fraction of sp³-hybridized carbons (Fsp3) is 0.386. The zero-order valence-electron chi connectivity index (χ0n) is 34.0. The minimum absolute atomic E-state index is 0.102. The molecule has 2 aliphatic heterocycles. The number of aromatic hydroxyl groups is 1. The van der Waals surface area contributed by atoms with Crippen LogP contribution in [0.15, 0.2) is 65.8 Å². The average Bonchev–Trinajstić information content (AvgIpc) is 3.83. The monoisotopic (exact) mass is 850 g/mol. The minimum Gasteiger partial charge on any atom is -0.503 e. The number of piperidine rings is 1. The van der Waals surface area contributed by atoms with Gasteiger partial charge in [0.05, 0.1) is 46.2 Å². The summed E-state index contributed by atoms with van der Waals surface area (Å²) in [6.07, 6.45) is 10.0. The molecule has 2 saturated heterocycles. The van der Waals surface area contributed by atoms with Crippen LogP contribution in [-0.4, -0.2) is 95.9 Å². The molecule has 3 aliphatic rings. The molecule has 3 aromatic heterocycles. The topological polar surface area (TPSA) is 173 Å². The average molecular weight is 851 g/mol. The Hall–Kier alpha value is -6.56. The third-order valence-corrected chi connectivity index (χ3v) is 12.7. The molecule has 9 rings (SSSR count). The van der Waals surface area contributed by atoms with Gasteiger partial charge < -0.3 is 15.3 Å². The van der Waals surface area contributed by atoms with Crippen LogP contribution in [-0.2, 0) is 23.1 Å². The Bertz CT molecular complexity index is 2790. The lowest BCUT2D eigenvalue weighted by Gasteiger charge is -2.35. The summed E-state index contributed by atoms with van der Waals surface area (Å²) in [5.41, 5.74) is 3.94. The first kappa shape index (κ1) is 40.8. The standard InChI is InChI=1S/C44H45F3N10O5/c1-53-36-18-25(4-9-34(36)57(44(53)62)35-10-11-38(58)51-43(35)61)12-13-54-14-16-55(17-15-54)37-23-48-22-33(50-37)27-5-6-28-24-56(52-32(28)19-27)29-7-2-26(3-8-29)21-49-42(60)30-20-31(45)41(59)40(47)39(30)46/h4-6,9,18-20,22-24,26,29,35,59H,2-3,7-8,10-17,21H2,1H3,(H,49,60)(H,51,58,61). The Morgan fingerprint density at radius 3 is 2.48 bits per heavy atom. The van der Waals surface area contributed by atoms with E-state index in [1.807, 2.05) is 47.3 Å². The predicted molar refractivity (Wildman–Crippen MR) is 223 cm³/mol. The number of fused-ring (bicyclic) bond motifs is 2. The van der Waals surface area contributed by atoms with Crippen molar-refractivity contribution in [2.24, 2.45) is 13.0 Å². The SMILES string of the molecule is Cn1c(=O)n(C2CCC(=O)NC2=O)c2ccc(CCN3CCN(c4cncc(-c5ccc6cn(C7CCC(CNC(=O)c8cc(F)c(O)c(F)c8F)CC7)nc6c5)n4)CC3)cc21. The van der Waals surface area contributed by atoms with Crippen molar-refractivity contribution in [3.8, 4) is 17.0 Å². The third kappa shape index (κ3) is 7.89. The number of aromatic nitrogens is 6. The molecule has 1 aliphatic carbocycles. The summed E-state index contributed by atoms with van der Waals surface area (Å²) in [5, 5.41) is 20.1. The molecule has 0 spiro atoms. The van der Waals surface area contributed by atoms with Gasteiger partial charge in [-0.3, -0.25) is 43.4 Å². The Morgan fingerprint density at radius 2 is 1.71 bits per heavy atom. The number of hydrogen-bond acceptors (Lipinski definition) is 10. The van der Waals surface area contributed by atoms with Crippen molar-refractivity contribution in [1.82, 2.24) is 44.4 Å². The van der Waals surface area contributed by atoms with Gasteiger partial charge in [-0.2, -0.15) is 9.49 Å². The number of benzene rings is 3. The van der Waals surface area contributed by atoms with Gasteiger partial charge in [-0.25, -0.2) is 18.6 Å². The van der Waals surface area contributed by atoms with E-state index in [9.17, 15) is 37.5 Å². The van der Waals surface area contributed by atoms with E-state index in [4.69, 9.17) is 10.1 Å². The highest BCUT2D eigenvalue weighted by molar-refractivity contribution is 6.00. The number of phenols is 1. The number of imidazole rings is 1. The van der Waals surface area contributed by atoms with E-state index in [1.165, 1.54) is 4.57 Å². The number of imide groups is 1. The van der Waals surface area contributed by atoms with E-state index < -0.39 is 46.6 Å². The van der Waals surface area contributed by atoms with Gasteiger partial charge in [0.25, 0.3) is 5.91 Å². The summed E-state index contributed by atoms with van der Waals surface area (Å²) in [6, 6.07) is 11.9. The molecule has 322 valence electrons. The molecule has 3 aromatic carbocycles. The summed E-state index contributed by atoms with van der Waals surface area (Å²) >= 11 is 0. The van der Waals surface area contributed by atoms with Crippen molar-refractivity contribution >= 4 is 45.5 Å². The lowest BCUT2D eigenvalue weighted by Crippen LogP contribution is -2.47. The second kappa shape index (κ2) is 16.7. The third-order valence-electron chi connectivity index (χ3n) is 12.7. The number of halogens is 3. The minimum atomic E-state index is -1.79. The second-order valence-electron chi connectivity index (χ2n) is 16.5. The molecule has 15 nitrogen and oxygen atoms in total. The van der Waals surface area contributed by atoms with Crippen LogP contribution in [0.1, 0.15) is 66.5 Å². The number of amides is 3. The molecule has 0 radical (unpaired) electrons. The highest BCUT2D eigenvalue weighted by atomic mass is 19.2. The number of anilines is 1. The summed E-state index contributed by atoms with van der Waals surface area (Å²) in [4.78, 5) is 64.1. The number of carbonyl (C=O) groups excluding carboxylic acids is 3. The number of piperazine rings is 1. The molecule has 1 unspecified atom stereocenters. The highest BCUT2D eigenvalue weighted by Crippen LogP contribution is 2.34. The fourth-order valence-corrected chi connectivity index (χ4v) is 9.01. The molecule has 3 amide bonds. The molecular formula is C44H45F3N10O5. The smallest absolute Gasteiger partial charge is 0.329 e. The van der Waals surface area contributed by atoms with Gasteiger partial charge in [-0.1, -0.05) is 18.2 Å². The maximum atomic E-state index is 14.2. The molecule has 6 aromatic rings. The van der Waals surface area contributed by atoms with Crippen LogP contribution in [0.2, 0.25) is 0 Å². The van der Waals surface area contributed by atoms with Gasteiger partial charge in [0.15, 0.2) is 17.4 Å². The largest absolute Gasteiger partial charge is 0.503 e. The lowest BCUT2D eigenvalue weighted by atomic mass is 9.86. The first-order valence-electron chi connectivity index (χ1n) is 20.9. The van der Waals surface area contributed by atoms with E-state index in [0.717, 1.165) is 104 Å². The second-order valence-corrected chi connectivity index (χ2v) is 16.5. The van der Waals surface area contributed by atoms with Gasteiger partial charge in [0.1, 0.15) is 11.9 Å². The molecular weight excluding hydrogens is 806 g/mol. The highest BCUT2D eigenvalue weighted by Gasteiger charge is 2.32. The fourth-order valence-electron chi connectivity index (χ4n) is 9.01. The van der Waals surface area contributed by atoms with Crippen LogP contribution in [0.3, 0.4) is 0 Å². The number of aryl methyl sites for hydroxylation is 1. The van der Waals surface area contributed by atoms with Crippen LogP contribution < -0.4 is 21.2 Å². The molecule has 62 heavy (non-hydrogen) atoms. The molecule has 0 bridgehead atoms. The maximum Gasteiger partial charge on any atom is 0.329 e. The van der Waals surface area contributed by atoms with Crippen LogP contribution >= 0.6 is 0 Å². The van der Waals surface area contributed by atoms with Crippen LogP contribution in [0.25, 0.3) is 33.2 Å². The number of nitrogens with zero attached hydrogens (tertiary/aromatic N) is 8. The van der Waals surface area contributed by atoms with E-state index in [0.29, 0.717) is 18.0 Å². The predicted octanol–water partition coefficient (Wildman–Crippen LogP) is 4.77. The molecule has 1 saturated carbocycles. The first-order chi connectivity index (χ1) is 29.9. The van der Waals surface area contributed by atoms with Gasteiger partial charge in [-0.05, 0) is 74.3 Å². The molecule has 18 heteroatoms. The zero-order chi connectivity index (χ0) is 43.2. The van der Waals surface area contributed by atoms with Crippen molar-refractivity contribution in [3.63, 3.8) is 0 Å². The molecule has 3 N–H and O–H groups in total. The summed E-state index contributed by atoms with van der Waals surface area (Å²) in [6.45, 7) is 4.34. The number of nitrogens with one attached hydrogen (secondary N) is 2.